The third-order valence-electron chi connectivity index (χ3n) is 4.47. The molecule has 0 amide bonds. The van der Waals surface area contributed by atoms with E-state index in [-0.39, 0.29) is 0 Å². The van der Waals surface area contributed by atoms with Crippen molar-refractivity contribution < 1.29 is 4.79 Å². The smallest absolute Gasteiger partial charge is 0.151 e. The van der Waals surface area contributed by atoms with Gasteiger partial charge in [-0.05, 0) is 53.7 Å². The zero-order valence-electron chi connectivity index (χ0n) is 18.3. The highest BCUT2D eigenvalue weighted by Gasteiger charge is 2.10. The second-order valence-electron chi connectivity index (χ2n) is 6.89. The number of aromatic nitrogens is 1. The van der Waals surface area contributed by atoms with Crippen molar-refractivity contribution in [3.05, 3.63) is 83.2 Å². The minimum atomic E-state index is 0.483. The first kappa shape index (κ1) is 23.4. The van der Waals surface area contributed by atoms with Gasteiger partial charge in [-0.15, -0.1) is 0 Å². The highest BCUT2D eigenvalue weighted by atomic mass is 16.1. The van der Waals surface area contributed by atoms with E-state index in [4.69, 9.17) is 0 Å². The fourth-order valence-corrected chi connectivity index (χ4v) is 2.99. The van der Waals surface area contributed by atoms with E-state index < -0.39 is 0 Å². The average molecular weight is 378 g/mol. The monoisotopic (exact) mass is 377 g/mol. The third kappa shape index (κ3) is 6.23. The van der Waals surface area contributed by atoms with Crippen LogP contribution in [-0.2, 0) is 6.42 Å². The van der Waals surface area contributed by atoms with Gasteiger partial charge in [0.05, 0.1) is 0 Å². The first-order valence-electron chi connectivity index (χ1n) is 10.3. The number of aldehydes is 1. The predicted octanol–water partition coefficient (Wildman–Crippen LogP) is 7.60. The minimum Gasteiger partial charge on any atom is -0.358 e. The van der Waals surface area contributed by atoms with Gasteiger partial charge in [0.1, 0.15) is 0 Å². The molecule has 0 atom stereocenters. The van der Waals surface area contributed by atoms with Crippen LogP contribution in [0.25, 0.3) is 11.1 Å². The van der Waals surface area contributed by atoms with E-state index in [9.17, 15) is 4.79 Å². The average Bonchev–Trinajstić information content (AvgIpc) is 3.12. The summed E-state index contributed by atoms with van der Waals surface area (Å²) in [5.74, 6) is 0.483. The molecule has 0 aliphatic heterocycles. The predicted molar refractivity (Wildman–Crippen MR) is 124 cm³/mol. The van der Waals surface area contributed by atoms with E-state index >= 15 is 0 Å². The van der Waals surface area contributed by atoms with Crippen LogP contribution in [0, 0.1) is 0 Å². The lowest BCUT2D eigenvalue weighted by Gasteiger charge is -2.09. The number of aryl methyl sites for hydroxylation is 1. The molecule has 1 aromatic carbocycles. The molecule has 0 aliphatic rings. The van der Waals surface area contributed by atoms with Crippen LogP contribution in [0.5, 0.6) is 0 Å². The van der Waals surface area contributed by atoms with Gasteiger partial charge in [0.25, 0.3) is 0 Å². The molecule has 28 heavy (non-hydrogen) atoms. The number of allylic oxidation sites excluding steroid dienone is 5. The van der Waals surface area contributed by atoms with E-state index in [1.54, 1.807) is 0 Å². The van der Waals surface area contributed by atoms with Crippen LogP contribution in [0.15, 0.2) is 55.1 Å². The molecule has 2 rings (SSSR count). The maximum atomic E-state index is 11.4. The van der Waals surface area contributed by atoms with Crippen LogP contribution >= 0.6 is 0 Å². The molecule has 1 heterocycles. The van der Waals surface area contributed by atoms with Crippen LogP contribution in [0.4, 0.5) is 0 Å². The minimum absolute atomic E-state index is 0.483. The number of carbonyl (C=O) groups is 1. The maximum Gasteiger partial charge on any atom is 0.151 e. The van der Waals surface area contributed by atoms with Crippen molar-refractivity contribution in [2.45, 2.75) is 60.3 Å². The van der Waals surface area contributed by atoms with Crippen molar-refractivity contribution in [1.82, 2.24) is 4.98 Å². The fourth-order valence-electron chi connectivity index (χ4n) is 2.99. The van der Waals surface area contributed by atoms with Gasteiger partial charge in [-0.3, -0.25) is 4.79 Å². The number of aromatic amines is 1. The summed E-state index contributed by atoms with van der Waals surface area (Å²) in [4.78, 5) is 14.8. The van der Waals surface area contributed by atoms with Crippen molar-refractivity contribution in [2.75, 3.05) is 0 Å². The number of rotatable bonds is 8. The Morgan fingerprint density at radius 1 is 1.21 bits per heavy atom. The Hall–Kier alpha value is -2.61. The molecule has 0 bridgehead atoms. The molecule has 1 N–H and O–H groups in total. The highest BCUT2D eigenvalue weighted by Crippen LogP contribution is 2.26. The molecule has 0 saturated carbocycles. The number of carbonyl (C=O) groups excluding carboxylic acids is 1. The van der Waals surface area contributed by atoms with E-state index in [2.05, 4.69) is 62.7 Å². The quantitative estimate of drug-likeness (QED) is 0.373. The van der Waals surface area contributed by atoms with Crippen molar-refractivity contribution in [3.8, 4) is 0 Å². The standard InChI is InChI=1S/C24H29NO.C2H6/c1-6-9-21(24-15-22(16-26)23(25-24)10-7-2)13-18(5)20-12-8-11-19(14-20)17(3)4;1-2/h6,8-9,11-17,25H,5,7,10H2,1-4H3;1-2H3/b9-6-,21-13+;. The lowest BCUT2D eigenvalue weighted by Crippen LogP contribution is -1.91. The Morgan fingerprint density at radius 2 is 1.93 bits per heavy atom. The molecule has 0 aliphatic carbocycles. The SMILES string of the molecule is C=C(/C=C(\C=C/C)c1cc(C=O)c(CCC)[nH]1)c1cccc(C(C)C)c1.CC. The lowest BCUT2D eigenvalue weighted by atomic mass is 9.96. The lowest BCUT2D eigenvalue weighted by molar-refractivity contribution is 0.112. The topological polar surface area (TPSA) is 32.9 Å². The zero-order valence-corrected chi connectivity index (χ0v) is 18.3. The third-order valence-corrected chi connectivity index (χ3v) is 4.47. The number of nitrogens with one attached hydrogen (secondary N) is 1. The number of hydrogen-bond acceptors (Lipinski definition) is 1. The van der Waals surface area contributed by atoms with Crippen LogP contribution in [0.3, 0.4) is 0 Å². The summed E-state index contributed by atoms with van der Waals surface area (Å²) in [5, 5.41) is 0. The summed E-state index contributed by atoms with van der Waals surface area (Å²) in [6, 6.07) is 10.5. The first-order chi connectivity index (χ1) is 13.5. The molecule has 2 nitrogen and oxygen atoms in total. The zero-order chi connectivity index (χ0) is 21.1. The van der Waals surface area contributed by atoms with Crippen LogP contribution < -0.4 is 0 Å². The second-order valence-corrected chi connectivity index (χ2v) is 6.89. The van der Waals surface area contributed by atoms with E-state index in [1.807, 2.05) is 39.0 Å². The van der Waals surface area contributed by atoms with Gasteiger partial charge in [-0.25, -0.2) is 0 Å². The van der Waals surface area contributed by atoms with Gasteiger partial charge in [0, 0.05) is 17.0 Å². The Morgan fingerprint density at radius 3 is 2.50 bits per heavy atom. The second kappa shape index (κ2) is 12.0. The summed E-state index contributed by atoms with van der Waals surface area (Å²) in [7, 11) is 0. The number of benzene rings is 1. The summed E-state index contributed by atoms with van der Waals surface area (Å²) in [6.07, 6.45) is 8.93. The molecule has 0 spiro atoms. The van der Waals surface area contributed by atoms with Gasteiger partial charge >= 0.3 is 0 Å². The molecule has 0 saturated heterocycles. The molecular formula is C26H35NO. The van der Waals surface area contributed by atoms with Crippen molar-refractivity contribution in [1.29, 1.82) is 0 Å². The Labute approximate surface area is 171 Å². The molecule has 1 aromatic heterocycles. The molecule has 0 fully saturated rings. The van der Waals surface area contributed by atoms with Gasteiger partial charge in [-0.2, -0.15) is 0 Å². The van der Waals surface area contributed by atoms with Crippen molar-refractivity contribution in [2.24, 2.45) is 0 Å². The summed E-state index contributed by atoms with van der Waals surface area (Å²) < 4.78 is 0. The van der Waals surface area contributed by atoms with Gasteiger partial charge in [0.15, 0.2) is 6.29 Å². The molecule has 150 valence electrons. The van der Waals surface area contributed by atoms with Crippen molar-refractivity contribution >= 4 is 17.4 Å². The Kier molecular flexibility index (Phi) is 10.0. The van der Waals surface area contributed by atoms with Gasteiger partial charge in [-0.1, -0.05) is 84.0 Å². The van der Waals surface area contributed by atoms with Crippen LogP contribution in [0.1, 0.15) is 86.8 Å². The molecular weight excluding hydrogens is 342 g/mol. The molecule has 0 unspecified atom stereocenters. The fraction of sp³-hybridized carbons (Fsp3) is 0.346. The molecule has 2 heteroatoms. The first-order valence-corrected chi connectivity index (χ1v) is 10.3. The summed E-state index contributed by atoms with van der Waals surface area (Å²) >= 11 is 0. The van der Waals surface area contributed by atoms with Gasteiger partial charge < -0.3 is 4.98 Å². The largest absolute Gasteiger partial charge is 0.358 e. The van der Waals surface area contributed by atoms with Gasteiger partial charge in [0.2, 0.25) is 0 Å². The molecule has 0 radical (unpaired) electrons. The summed E-state index contributed by atoms with van der Waals surface area (Å²) in [5.41, 5.74) is 7.10. The van der Waals surface area contributed by atoms with Crippen LogP contribution in [0.2, 0.25) is 0 Å². The van der Waals surface area contributed by atoms with E-state index in [1.165, 1.54) is 5.56 Å². The Balaban J connectivity index is 0.00000190. The normalized spacial score (nSPS) is 11.5. The van der Waals surface area contributed by atoms with E-state index in [0.29, 0.717) is 5.92 Å². The maximum absolute atomic E-state index is 11.4. The van der Waals surface area contributed by atoms with Crippen molar-refractivity contribution in [3.63, 3.8) is 0 Å². The molecule has 2 aromatic rings. The van der Waals surface area contributed by atoms with Crippen LogP contribution in [-0.4, -0.2) is 11.3 Å². The summed E-state index contributed by atoms with van der Waals surface area (Å²) in [6.45, 7) is 16.8. The number of hydrogen-bond donors (Lipinski definition) is 1. The Bertz CT molecular complexity index is 834. The number of H-pyrrole nitrogens is 1. The van der Waals surface area contributed by atoms with E-state index in [0.717, 1.165) is 52.8 Å². The highest BCUT2D eigenvalue weighted by molar-refractivity contribution is 5.88.